The van der Waals surface area contributed by atoms with Crippen molar-refractivity contribution >= 4 is 57.8 Å². The van der Waals surface area contributed by atoms with E-state index in [1.54, 1.807) is 24.3 Å². The summed E-state index contributed by atoms with van der Waals surface area (Å²) >= 11 is 17.7. The molecule has 2 aromatic rings. The lowest BCUT2D eigenvalue weighted by Crippen LogP contribution is -2.35. The molecule has 2 aromatic carbocycles. The average molecular weight is 408 g/mol. The highest BCUT2D eigenvalue weighted by atomic mass is 35.5. The fraction of sp³-hybridized carbons (Fsp3) is 0.263. The molecule has 0 spiro atoms. The van der Waals surface area contributed by atoms with Crippen LogP contribution in [-0.2, 0) is 0 Å². The molecule has 1 heterocycles. The first-order valence-electron chi connectivity index (χ1n) is 8.46. The van der Waals surface area contributed by atoms with Crippen LogP contribution >= 0.6 is 35.4 Å². The largest absolute Gasteiger partial charge is 0.369 e. The molecule has 0 unspecified atom stereocenters. The summed E-state index contributed by atoms with van der Waals surface area (Å²) in [5.41, 5.74) is 2.16. The van der Waals surface area contributed by atoms with Gasteiger partial charge in [0.2, 0.25) is 0 Å². The molecule has 1 saturated heterocycles. The van der Waals surface area contributed by atoms with E-state index in [2.05, 4.69) is 15.5 Å². The zero-order valence-electron chi connectivity index (χ0n) is 14.1. The summed E-state index contributed by atoms with van der Waals surface area (Å²) in [6.45, 7) is 1.92. The molecule has 0 bridgehead atoms. The smallest absolute Gasteiger partial charge is 0.257 e. The Balaban J connectivity index is 1.73. The van der Waals surface area contributed by atoms with E-state index in [-0.39, 0.29) is 11.0 Å². The Hall–Kier alpha value is -1.82. The van der Waals surface area contributed by atoms with E-state index in [4.69, 9.17) is 35.4 Å². The molecule has 0 saturated carbocycles. The molecule has 4 nitrogen and oxygen atoms in total. The van der Waals surface area contributed by atoms with Crippen molar-refractivity contribution < 1.29 is 4.79 Å². The van der Waals surface area contributed by atoms with Gasteiger partial charge < -0.3 is 10.2 Å². The number of nitrogens with one attached hydrogen (secondary N) is 2. The van der Waals surface area contributed by atoms with Crippen LogP contribution in [0.2, 0.25) is 10.0 Å². The number of anilines is 2. The van der Waals surface area contributed by atoms with Gasteiger partial charge in [-0.05, 0) is 61.8 Å². The SMILES string of the molecule is O=C(NC(=S)Nc1cccc(Cl)c1N1CCCCC1)c1cccc(Cl)c1. The van der Waals surface area contributed by atoms with Gasteiger partial charge in [0.1, 0.15) is 0 Å². The van der Waals surface area contributed by atoms with Crippen molar-refractivity contribution in [3.63, 3.8) is 0 Å². The normalized spacial score (nSPS) is 14.0. The van der Waals surface area contributed by atoms with E-state index in [1.165, 1.54) is 6.42 Å². The van der Waals surface area contributed by atoms with Gasteiger partial charge >= 0.3 is 0 Å². The third-order valence-corrected chi connectivity index (χ3v) is 4.97. The molecule has 3 rings (SSSR count). The predicted octanol–water partition coefficient (Wildman–Crippen LogP) is 5.11. The lowest BCUT2D eigenvalue weighted by molar-refractivity contribution is 0.0977. The van der Waals surface area contributed by atoms with Crippen molar-refractivity contribution in [1.82, 2.24) is 5.32 Å². The number of carbonyl (C=O) groups is 1. The summed E-state index contributed by atoms with van der Waals surface area (Å²) in [5, 5.41) is 7.17. The van der Waals surface area contributed by atoms with Crippen molar-refractivity contribution in [2.45, 2.75) is 19.3 Å². The molecule has 136 valence electrons. The van der Waals surface area contributed by atoms with Gasteiger partial charge in [0.15, 0.2) is 5.11 Å². The number of nitrogens with zero attached hydrogens (tertiary/aromatic N) is 1. The van der Waals surface area contributed by atoms with Gasteiger partial charge in [0.05, 0.1) is 16.4 Å². The first-order valence-corrected chi connectivity index (χ1v) is 9.62. The summed E-state index contributed by atoms with van der Waals surface area (Å²) < 4.78 is 0. The maximum Gasteiger partial charge on any atom is 0.257 e. The standard InChI is InChI=1S/C19H19Cl2N3OS/c20-14-7-4-6-13(12-14)18(25)23-19(26)22-16-9-5-8-15(21)17(16)24-10-2-1-3-11-24/h4-9,12H,1-3,10-11H2,(H2,22,23,25,26). The van der Waals surface area contributed by atoms with Crippen molar-refractivity contribution in [2.75, 3.05) is 23.3 Å². The zero-order chi connectivity index (χ0) is 18.5. The molecule has 0 atom stereocenters. The summed E-state index contributed by atoms with van der Waals surface area (Å²) in [6.07, 6.45) is 3.51. The number of para-hydroxylation sites is 1. The van der Waals surface area contributed by atoms with E-state index < -0.39 is 0 Å². The van der Waals surface area contributed by atoms with Gasteiger partial charge in [-0.2, -0.15) is 0 Å². The number of thiocarbonyl (C=S) groups is 1. The highest BCUT2D eigenvalue weighted by Gasteiger charge is 2.18. The molecule has 7 heteroatoms. The molecular weight excluding hydrogens is 389 g/mol. The van der Waals surface area contributed by atoms with E-state index in [0.717, 1.165) is 37.3 Å². The second kappa shape index (κ2) is 8.71. The molecule has 1 aliphatic heterocycles. The van der Waals surface area contributed by atoms with Gasteiger partial charge in [-0.3, -0.25) is 10.1 Å². The Morgan fingerprint density at radius 2 is 1.77 bits per heavy atom. The highest BCUT2D eigenvalue weighted by molar-refractivity contribution is 7.80. The minimum atomic E-state index is -0.313. The van der Waals surface area contributed by atoms with Crippen molar-refractivity contribution in [3.8, 4) is 0 Å². The lowest BCUT2D eigenvalue weighted by Gasteiger charge is -2.31. The van der Waals surface area contributed by atoms with Crippen molar-refractivity contribution in [1.29, 1.82) is 0 Å². The number of rotatable bonds is 3. The van der Waals surface area contributed by atoms with Crippen LogP contribution in [-0.4, -0.2) is 24.1 Å². The van der Waals surface area contributed by atoms with Gasteiger partial charge in [-0.1, -0.05) is 35.3 Å². The fourth-order valence-electron chi connectivity index (χ4n) is 3.01. The minimum Gasteiger partial charge on any atom is -0.369 e. The molecule has 0 radical (unpaired) electrons. The molecule has 0 aliphatic carbocycles. The van der Waals surface area contributed by atoms with Gasteiger partial charge in [-0.25, -0.2) is 0 Å². The van der Waals surface area contributed by atoms with Crippen LogP contribution in [0.25, 0.3) is 0 Å². The minimum absolute atomic E-state index is 0.218. The fourth-order valence-corrected chi connectivity index (χ4v) is 3.70. The number of amides is 1. The summed E-state index contributed by atoms with van der Waals surface area (Å²) in [6, 6.07) is 12.3. The number of hydrogen-bond donors (Lipinski definition) is 2. The average Bonchev–Trinajstić information content (AvgIpc) is 2.62. The molecule has 1 fully saturated rings. The Labute approximate surface area is 168 Å². The quantitative estimate of drug-likeness (QED) is 0.693. The number of piperidine rings is 1. The van der Waals surface area contributed by atoms with Crippen LogP contribution in [0.4, 0.5) is 11.4 Å². The maximum atomic E-state index is 12.3. The van der Waals surface area contributed by atoms with E-state index in [9.17, 15) is 4.79 Å². The van der Waals surface area contributed by atoms with Gasteiger partial charge in [0, 0.05) is 23.7 Å². The summed E-state index contributed by atoms with van der Waals surface area (Å²) in [4.78, 5) is 14.6. The predicted molar refractivity (Wildman–Crippen MR) is 113 cm³/mol. The Morgan fingerprint density at radius 3 is 2.50 bits per heavy atom. The number of carbonyl (C=O) groups excluding carboxylic acids is 1. The van der Waals surface area contributed by atoms with Gasteiger partial charge in [-0.15, -0.1) is 0 Å². The van der Waals surface area contributed by atoms with Crippen LogP contribution < -0.4 is 15.5 Å². The zero-order valence-corrected chi connectivity index (χ0v) is 16.4. The second-order valence-corrected chi connectivity index (χ2v) is 7.35. The molecular formula is C19H19Cl2N3OS. The number of halogens is 2. The summed E-state index contributed by atoms with van der Waals surface area (Å²) in [5.74, 6) is -0.313. The third-order valence-electron chi connectivity index (χ3n) is 4.22. The Kier molecular flexibility index (Phi) is 6.35. The Morgan fingerprint density at radius 1 is 1.04 bits per heavy atom. The molecule has 1 amide bonds. The Bertz CT molecular complexity index is 822. The van der Waals surface area contributed by atoms with E-state index >= 15 is 0 Å². The maximum absolute atomic E-state index is 12.3. The first-order chi connectivity index (χ1) is 12.5. The van der Waals surface area contributed by atoms with Gasteiger partial charge in [0.25, 0.3) is 5.91 Å². The van der Waals surface area contributed by atoms with Crippen LogP contribution in [0.1, 0.15) is 29.6 Å². The molecule has 2 N–H and O–H groups in total. The van der Waals surface area contributed by atoms with Crippen molar-refractivity contribution in [3.05, 3.63) is 58.1 Å². The van der Waals surface area contributed by atoms with Crippen molar-refractivity contribution in [2.24, 2.45) is 0 Å². The van der Waals surface area contributed by atoms with Crippen LogP contribution in [0, 0.1) is 0 Å². The highest BCUT2D eigenvalue weighted by Crippen LogP contribution is 2.35. The molecule has 0 aromatic heterocycles. The molecule has 1 aliphatic rings. The topological polar surface area (TPSA) is 44.4 Å². The lowest BCUT2D eigenvalue weighted by atomic mass is 10.1. The number of hydrogen-bond acceptors (Lipinski definition) is 3. The first kappa shape index (κ1) is 19.0. The number of benzene rings is 2. The second-order valence-electron chi connectivity index (χ2n) is 6.10. The van der Waals surface area contributed by atoms with Crippen LogP contribution in [0.5, 0.6) is 0 Å². The van der Waals surface area contributed by atoms with Crippen LogP contribution in [0.15, 0.2) is 42.5 Å². The third kappa shape index (κ3) is 4.67. The van der Waals surface area contributed by atoms with Crippen LogP contribution in [0.3, 0.4) is 0 Å². The monoisotopic (exact) mass is 407 g/mol. The summed E-state index contributed by atoms with van der Waals surface area (Å²) in [7, 11) is 0. The van der Waals surface area contributed by atoms with E-state index in [0.29, 0.717) is 15.6 Å². The molecule has 26 heavy (non-hydrogen) atoms. The van der Waals surface area contributed by atoms with E-state index in [1.807, 2.05) is 18.2 Å².